The molecule has 0 bridgehead atoms. The molecular formula is C10H18O. The fraction of sp³-hybridized carbons (Fsp3) is 0.700. The molecule has 0 unspecified atom stereocenters. The van der Waals surface area contributed by atoms with Crippen LogP contribution in [0.15, 0.2) is 12.7 Å². The van der Waals surface area contributed by atoms with Crippen LogP contribution in [-0.4, -0.2) is 5.78 Å². The van der Waals surface area contributed by atoms with Crippen LogP contribution in [0.2, 0.25) is 0 Å². The van der Waals surface area contributed by atoms with E-state index in [0.29, 0.717) is 30.5 Å². The predicted molar refractivity (Wildman–Crippen MR) is 48.4 cm³/mol. The van der Waals surface area contributed by atoms with Crippen molar-refractivity contribution in [1.82, 2.24) is 0 Å². The van der Waals surface area contributed by atoms with E-state index in [2.05, 4.69) is 20.4 Å². The van der Waals surface area contributed by atoms with Crippen LogP contribution in [-0.2, 0) is 4.79 Å². The van der Waals surface area contributed by atoms with E-state index in [4.69, 9.17) is 0 Å². The maximum Gasteiger partial charge on any atom is 0.133 e. The maximum absolute atomic E-state index is 11.2. The first kappa shape index (κ1) is 10.4. The number of hydrogen-bond donors (Lipinski definition) is 0. The third kappa shape index (κ3) is 5.84. The molecule has 1 heteroatoms. The third-order valence-electron chi connectivity index (χ3n) is 1.59. The molecule has 1 nitrogen and oxygen atoms in total. The van der Waals surface area contributed by atoms with Crippen molar-refractivity contribution in [1.29, 1.82) is 0 Å². The fourth-order valence-corrected chi connectivity index (χ4v) is 0.981. The number of ketones is 1. The lowest BCUT2D eigenvalue weighted by atomic mass is 9.99. The minimum absolute atomic E-state index is 0.334. The average molecular weight is 154 g/mol. The average Bonchev–Trinajstić information content (AvgIpc) is 1.85. The third-order valence-corrected chi connectivity index (χ3v) is 1.59. The molecule has 0 saturated heterocycles. The van der Waals surface area contributed by atoms with Gasteiger partial charge in [0.15, 0.2) is 0 Å². The van der Waals surface area contributed by atoms with E-state index in [9.17, 15) is 4.79 Å². The summed E-state index contributed by atoms with van der Waals surface area (Å²) in [7, 11) is 0. The van der Waals surface area contributed by atoms with E-state index in [1.165, 1.54) is 0 Å². The number of allylic oxidation sites excluding steroid dienone is 1. The fourth-order valence-electron chi connectivity index (χ4n) is 0.981. The highest BCUT2D eigenvalue weighted by Gasteiger charge is 2.07. The van der Waals surface area contributed by atoms with Crippen molar-refractivity contribution in [3.8, 4) is 0 Å². The Kier molecular flexibility index (Phi) is 4.84. The molecule has 0 aliphatic carbocycles. The molecule has 0 fully saturated rings. The molecule has 0 aromatic rings. The second-order valence-electron chi connectivity index (χ2n) is 3.55. The maximum atomic E-state index is 11.2. The molecule has 1 atom stereocenters. The van der Waals surface area contributed by atoms with Crippen molar-refractivity contribution in [2.75, 3.05) is 0 Å². The van der Waals surface area contributed by atoms with Gasteiger partial charge in [-0.05, 0) is 11.8 Å². The number of Topliss-reactive ketones (excluding diaryl/α,β-unsaturated/α-hetero) is 1. The van der Waals surface area contributed by atoms with Crippen LogP contribution in [0.1, 0.15) is 33.6 Å². The summed E-state index contributed by atoms with van der Waals surface area (Å²) in [6.07, 6.45) is 3.19. The number of hydrogen-bond acceptors (Lipinski definition) is 1. The Labute approximate surface area is 69.5 Å². The van der Waals surface area contributed by atoms with Gasteiger partial charge in [-0.2, -0.15) is 0 Å². The van der Waals surface area contributed by atoms with Gasteiger partial charge in [-0.25, -0.2) is 0 Å². The molecule has 0 heterocycles. The van der Waals surface area contributed by atoms with Gasteiger partial charge in [-0.15, -0.1) is 6.58 Å². The monoisotopic (exact) mass is 154 g/mol. The van der Waals surface area contributed by atoms with Crippen molar-refractivity contribution < 1.29 is 4.79 Å². The van der Waals surface area contributed by atoms with Crippen LogP contribution in [0.25, 0.3) is 0 Å². The van der Waals surface area contributed by atoms with Crippen LogP contribution in [0.5, 0.6) is 0 Å². The molecule has 0 rings (SSSR count). The first-order chi connectivity index (χ1) is 5.06. The summed E-state index contributed by atoms with van der Waals surface area (Å²) < 4.78 is 0. The Morgan fingerprint density at radius 3 is 2.27 bits per heavy atom. The number of carbonyl (C=O) groups is 1. The number of carbonyl (C=O) groups excluding carboxylic acids is 1. The van der Waals surface area contributed by atoms with E-state index >= 15 is 0 Å². The molecule has 0 saturated carbocycles. The van der Waals surface area contributed by atoms with Gasteiger partial charge in [0.25, 0.3) is 0 Å². The van der Waals surface area contributed by atoms with E-state index in [1.807, 2.05) is 13.0 Å². The second kappa shape index (κ2) is 5.11. The van der Waals surface area contributed by atoms with Crippen molar-refractivity contribution >= 4 is 5.78 Å². The standard InChI is InChI=1S/C10H18O/c1-5-9(4)7-10(11)6-8(2)3/h5,8-9H,1,6-7H2,2-4H3/t9-/m1/s1. The second-order valence-corrected chi connectivity index (χ2v) is 3.55. The largest absolute Gasteiger partial charge is 0.300 e. The lowest BCUT2D eigenvalue weighted by Gasteiger charge is -2.06. The van der Waals surface area contributed by atoms with Crippen molar-refractivity contribution in [2.24, 2.45) is 11.8 Å². The molecule has 0 aromatic carbocycles. The van der Waals surface area contributed by atoms with Crippen LogP contribution in [0.3, 0.4) is 0 Å². The minimum atomic E-state index is 0.334. The Balaban J connectivity index is 3.60. The van der Waals surface area contributed by atoms with Crippen molar-refractivity contribution in [3.05, 3.63) is 12.7 Å². The highest BCUT2D eigenvalue weighted by molar-refractivity contribution is 5.78. The molecular weight excluding hydrogens is 136 g/mol. The molecule has 0 radical (unpaired) electrons. The van der Waals surface area contributed by atoms with E-state index in [-0.39, 0.29) is 0 Å². The zero-order valence-electron chi connectivity index (χ0n) is 7.76. The molecule has 0 aliphatic rings. The van der Waals surface area contributed by atoms with Gasteiger partial charge in [0.2, 0.25) is 0 Å². The van der Waals surface area contributed by atoms with Gasteiger partial charge in [-0.3, -0.25) is 4.79 Å². The SMILES string of the molecule is C=C[C@@H](C)CC(=O)CC(C)C. The lowest BCUT2D eigenvalue weighted by molar-refractivity contribution is -0.120. The van der Waals surface area contributed by atoms with Gasteiger partial charge in [0, 0.05) is 12.8 Å². The van der Waals surface area contributed by atoms with E-state index in [1.54, 1.807) is 0 Å². The highest BCUT2D eigenvalue weighted by atomic mass is 16.1. The molecule has 0 spiro atoms. The molecule has 11 heavy (non-hydrogen) atoms. The normalized spacial score (nSPS) is 13.1. The summed E-state index contributed by atoms with van der Waals surface area (Å²) in [5, 5.41) is 0. The number of rotatable bonds is 5. The summed E-state index contributed by atoms with van der Waals surface area (Å²) in [5.41, 5.74) is 0. The molecule has 0 aromatic heterocycles. The summed E-state index contributed by atoms with van der Waals surface area (Å²) in [6, 6.07) is 0. The van der Waals surface area contributed by atoms with Crippen LogP contribution >= 0.6 is 0 Å². The molecule has 64 valence electrons. The molecule has 0 aliphatic heterocycles. The summed E-state index contributed by atoms with van der Waals surface area (Å²) >= 11 is 0. The quantitative estimate of drug-likeness (QED) is 0.556. The van der Waals surface area contributed by atoms with Gasteiger partial charge in [-0.1, -0.05) is 26.8 Å². The Hall–Kier alpha value is -0.590. The summed E-state index contributed by atoms with van der Waals surface area (Å²) in [4.78, 5) is 11.2. The topological polar surface area (TPSA) is 17.1 Å². The predicted octanol–water partition coefficient (Wildman–Crippen LogP) is 2.81. The van der Waals surface area contributed by atoms with Gasteiger partial charge < -0.3 is 0 Å². The Morgan fingerprint density at radius 1 is 1.36 bits per heavy atom. The zero-order valence-corrected chi connectivity index (χ0v) is 7.76. The van der Waals surface area contributed by atoms with Crippen molar-refractivity contribution in [3.63, 3.8) is 0 Å². The molecule has 0 amide bonds. The molecule has 0 N–H and O–H groups in total. The van der Waals surface area contributed by atoms with Gasteiger partial charge >= 0.3 is 0 Å². The highest BCUT2D eigenvalue weighted by Crippen LogP contribution is 2.09. The zero-order chi connectivity index (χ0) is 8.85. The lowest BCUT2D eigenvalue weighted by Crippen LogP contribution is -2.06. The Morgan fingerprint density at radius 2 is 1.91 bits per heavy atom. The van der Waals surface area contributed by atoms with Crippen LogP contribution in [0, 0.1) is 11.8 Å². The van der Waals surface area contributed by atoms with Crippen molar-refractivity contribution in [2.45, 2.75) is 33.6 Å². The summed E-state index contributed by atoms with van der Waals surface area (Å²) in [6.45, 7) is 9.79. The summed E-state index contributed by atoms with van der Waals surface area (Å²) in [5.74, 6) is 1.17. The van der Waals surface area contributed by atoms with E-state index < -0.39 is 0 Å². The van der Waals surface area contributed by atoms with Crippen LogP contribution < -0.4 is 0 Å². The Bertz CT molecular complexity index is 136. The minimum Gasteiger partial charge on any atom is -0.300 e. The van der Waals surface area contributed by atoms with E-state index in [0.717, 1.165) is 0 Å². The first-order valence-corrected chi connectivity index (χ1v) is 4.20. The first-order valence-electron chi connectivity index (χ1n) is 4.20. The van der Waals surface area contributed by atoms with Crippen LogP contribution in [0.4, 0.5) is 0 Å². The van der Waals surface area contributed by atoms with Gasteiger partial charge in [0.1, 0.15) is 5.78 Å². The van der Waals surface area contributed by atoms with Gasteiger partial charge in [0.05, 0.1) is 0 Å². The smallest absolute Gasteiger partial charge is 0.133 e.